The van der Waals surface area contributed by atoms with Crippen molar-refractivity contribution in [2.24, 2.45) is 4.99 Å². The van der Waals surface area contributed by atoms with Gasteiger partial charge in [0.15, 0.2) is 11.5 Å². The van der Waals surface area contributed by atoms with E-state index >= 15 is 0 Å². The Hall–Kier alpha value is -2.49. The third-order valence-corrected chi connectivity index (χ3v) is 4.64. The van der Waals surface area contributed by atoms with Crippen molar-refractivity contribution in [3.63, 3.8) is 0 Å². The van der Waals surface area contributed by atoms with Crippen LogP contribution in [0.25, 0.3) is 0 Å². The van der Waals surface area contributed by atoms with Gasteiger partial charge in [-0.05, 0) is 35.7 Å². The molecule has 2 aromatic carbocycles. The minimum absolute atomic E-state index is 0.215. The predicted octanol–water partition coefficient (Wildman–Crippen LogP) is 4.37. The average Bonchev–Trinajstić information content (AvgIpc) is 2.77. The molecule has 0 N–H and O–H groups in total. The molecule has 24 heavy (non-hydrogen) atoms. The molecular formula is C20H24N2O2. The second kappa shape index (κ2) is 6.95. The molecule has 2 aromatic rings. The summed E-state index contributed by atoms with van der Waals surface area (Å²) < 4.78 is 10.8. The van der Waals surface area contributed by atoms with E-state index in [1.165, 1.54) is 11.1 Å². The number of ether oxygens (including phenoxy) is 2. The molecule has 1 unspecified atom stereocenters. The third kappa shape index (κ3) is 2.96. The Labute approximate surface area is 143 Å². The summed E-state index contributed by atoms with van der Waals surface area (Å²) in [7, 11) is 5.45. The van der Waals surface area contributed by atoms with Crippen LogP contribution in [0.4, 0.5) is 5.69 Å². The van der Waals surface area contributed by atoms with Crippen LogP contribution in [0.3, 0.4) is 0 Å². The Bertz CT molecular complexity index is 755. The van der Waals surface area contributed by atoms with Crippen LogP contribution in [0, 0.1) is 0 Å². The summed E-state index contributed by atoms with van der Waals surface area (Å²) in [6.45, 7) is 2.15. The van der Waals surface area contributed by atoms with Crippen LogP contribution in [0.15, 0.2) is 47.5 Å². The Morgan fingerprint density at radius 2 is 1.83 bits per heavy atom. The van der Waals surface area contributed by atoms with E-state index in [1.54, 1.807) is 14.2 Å². The molecule has 126 valence electrons. The fraction of sp³-hybridized carbons (Fsp3) is 0.350. The number of methoxy groups -OCH3 is 2. The minimum atomic E-state index is 0.215. The van der Waals surface area contributed by atoms with Gasteiger partial charge in [-0.3, -0.25) is 0 Å². The topological polar surface area (TPSA) is 34.1 Å². The molecule has 0 aliphatic carbocycles. The Morgan fingerprint density at radius 3 is 2.54 bits per heavy atom. The Morgan fingerprint density at radius 1 is 1.08 bits per heavy atom. The first-order chi connectivity index (χ1) is 11.7. The van der Waals surface area contributed by atoms with Gasteiger partial charge in [-0.2, -0.15) is 0 Å². The lowest BCUT2D eigenvalue weighted by molar-refractivity contribution is 0.347. The molecule has 0 amide bonds. The summed E-state index contributed by atoms with van der Waals surface area (Å²) in [5, 5.41) is 0. The van der Waals surface area contributed by atoms with E-state index < -0.39 is 0 Å². The summed E-state index contributed by atoms with van der Waals surface area (Å²) in [6, 6.07) is 14.8. The number of aliphatic imine (C=N–C) groups is 1. The third-order valence-electron chi connectivity index (χ3n) is 4.64. The quantitative estimate of drug-likeness (QED) is 0.837. The highest BCUT2D eigenvalue weighted by atomic mass is 16.5. The fourth-order valence-electron chi connectivity index (χ4n) is 3.27. The molecule has 1 aliphatic rings. The molecule has 0 saturated heterocycles. The highest BCUT2D eigenvalue weighted by molar-refractivity contribution is 5.86. The zero-order chi connectivity index (χ0) is 17.1. The number of likely N-dealkylation sites (N-methyl/N-ethyl adjacent to an activating group) is 1. The van der Waals surface area contributed by atoms with Crippen LogP contribution >= 0.6 is 0 Å². The molecule has 0 spiro atoms. The summed E-state index contributed by atoms with van der Waals surface area (Å²) in [5.41, 5.74) is 3.55. The fourth-order valence-corrected chi connectivity index (χ4v) is 3.27. The van der Waals surface area contributed by atoms with Crippen LogP contribution in [0.2, 0.25) is 0 Å². The lowest BCUT2D eigenvalue weighted by Gasteiger charge is -2.30. The molecule has 1 atom stereocenters. The largest absolute Gasteiger partial charge is 0.493 e. The van der Waals surface area contributed by atoms with Gasteiger partial charge in [-0.1, -0.05) is 31.2 Å². The monoisotopic (exact) mass is 324 g/mol. The summed E-state index contributed by atoms with van der Waals surface area (Å²) >= 11 is 0. The van der Waals surface area contributed by atoms with E-state index in [9.17, 15) is 0 Å². The molecule has 1 aliphatic heterocycles. The van der Waals surface area contributed by atoms with E-state index in [1.807, 2.05) is 12.1 Å². The van der Waals surface area contributed by atoms with Crippen molar-refractivity contribution in [2.75, 3.05) is 21.3 Å². The number of rotatable bonds is 4. The normalized spacial score (nSPS) is 16.9. The molecule has 0 radical (unpaired) electrons. The molecule has 0 fully saturated rings. The first kappa shape index (κ1) is 16.4. The second-order valence-electron chi connectivity index (χ2n) is 5.96. The van der Waals surface area contributed by atoms with Crippen molar-refractivity contribution in [1.29, 1.82) is 0 Å². The maximum Gasteiger partial charge on any atom is 0.161 e. The standard InChI is InChI=1S/C20H24N2O2/c1-5-20-21-16-9-7-6-8-14(16)12-17(22(20)2)15-10-11-18(23-3)19(13-15)24-4/h6-11,13,17H,5,12H2,1-4H3. The van der Waals surface area contributed by atoms with Gasteiger partial charge >= 0.3 is 0 Å². The van der Waals surface area contributed by atoms with Crippen LogP contribution in [-0.4, -0.2) is 32.0 Å². The van der Waals surface area contributed by atoms with Crippen LogP contribution in [-0.2, 0) is 6.42 Å². The number of hydrogen-bond acceptors (Lipinski definition) is 4. The number of fused-ring (bicyclic) bond motifs is 1. The van der Waals surface area contributed by atoms with E-state index in [0.29, 0.717) is 0 Å². The maximum atomic E-state index is 5.48. The molecular weight excluding hydrogens is 300 g/mol. The minimum Gasteiger partial charge on any atom is -0.493 e. The van der Waals surface area contributed by atoms with Crippen LogP contribution < -0.4 is 9.47 Å². The smallest absolute Gasteiger partial charge is 0.161 e. The summed E-state index contributed by atoms with van der Waals surface area (Å²) in [5.74, 6) is 2.61. The van der Waals surface area contributed by atoms with Gasteiger partial charge in [0.1, 0.15) is 5.84 Å². The molecule has 3 rings (SSSR count). The van der Waals surface area contributed by atoms with Crippen molar-refractivity contribution in [3.8, 4) is 11.5 Å². The van der Waals surface area contributed by atoms with Gasteiger partial charge in [-0.25, -0.2) is 4.99 Å². The van der Waals surface area contributed by atoms with E-state index in [0.717, 1.165) is 35.9 Å². The molecule has 0 bridgehead atoms. The van der Waals surface area contributed by atoms with E-state index in [4.69, 9.17) is 14.5 Å². The lowest BCUT2D eigenvalue weighted by Crippen LogP contribution is -2.31. The van der Waals surface area contributed by atoms with Crippen LogP contribution in [0.1, 0.15) is 30.5 Å². The van der Waals surface area contributed by atoms with E-state index in [-0.39, 0.29) is 6.04 Å². The molecule has 0 saturated carbocycles. The lowest BCUT2D eigenvalue weighted by atomic mass is 9.96. The highest BCUT2D eigenvalue weighted by Gasteiger charge is 2.25. The first-order valence-electron chi connectivity index (χ1n) is 8.28. The summed E-state index contributed by atoms with van der Waals surface area (Å²) in [6.07, 6.45) is 1.81. The number of benzene rings is 2. The molecule has 1 heterocycles. The van der Waals surface area contributed by atoms with Gasteiger partial charge in [-0.15, -0.1) is 0 Å². The van der Waals surface area contributed by atoms with Crippen molar-refractivity contribution in [3.05, 3.63) is 53.6 Å². The van der Waals surface area contributed by atoms with Gasteiger partial charge in [0.05, 0.1) is 25.9 Å². The summed E-state index contributed by atoms with van der Waals surface area (Å²) in [4.78, 5) is 7.16. The van der Waals surface area contributed by atoms with Gasteiger partial charge in [0.25, 0.3) is 0 Å². The van der Waals surface area contributed by atoms with Gasteiger partial charge < -0.3 is 14.4 Å². The SMILES string of the molecule is CCC1=Nc2ccccc2CC(c2ccc(OC)c(OC)c2)N1C. The van der Waals surface area contributed by atoms with Gasteiger partial charge in [0.2, 0.25) is 0 Å². The van der Waals surface area contributed by atoms with Crippen molar-refractivity contribution in [2.45, 2.75) is 25.8 Å². The molecule has 0 aromatic heterocycles. The zero-order valence-electron chi connectivity index (χ0n) is 14.7. The van der Waals surface area contributed by atoms with Crippen LogP contribution in [0.5, 0.6) is 11.5 Å². The van der Waals surface area contributed by atoms with Crippen molar-refractivity contribution in [1.82, 2.24) is 4.90 Å². The Kier molecular flexibility index (Phi) is 4.74. The Balaban J connectivity index is 2.06. The first-order valence-corrected chi connectivity index (χ1v) is 8.28. The predicted molar refractivity (Wildman–Crippen MR) is 97.6 cm³/mol. The number of hydrogen-bond donors (Lipinski definition) is 0. The van der Waals surface area contributed by atoms with E-state index in [2.05, 4.69) is 49.2 Å². The maximum absolute atomic E-state index is 5.48. The average molecular weight is 324 g/mol. The second-order valence-corrected chi connectivity index (χ2v) is 5.96. The van der Waals surface area contributed by atoms with Crippen molar-refractivity contribution >= 4 is 11.5 Å². The molecule has 4 nitrogen and oxygen atoms in total. The zero-order valence-corrected chi connectivity index (χ0v) is 14.7. The molecule has 4 heteroatoms. The number of amidine groups is 1. The van der Waals surface area contributed by atoms with Gasteiger partial charge in [0, 0.05) is 13.5 Å². The highest BCUT2D eigenvalue weighted by Crippen LogP contribution is 2.36. The van der Waals surface area contributed by atoms with Crippen molar-refractivity contribution < 1.29 is 9.47 Å². The number of para-hydroxylation sites is 1. The number of nitrogens with zero attached hydrogens (tertiary/aromatic N) is 2.